The molecular weight excluding hydrogens is 302 g/mol. The molecule has 1 heterocycles. The molecule has 21 heavy (non-hydrogen) atoms. The van der Waals surface area contributed by atoms with Crippen molar-refractivity contribution >= 4 is 17.5 Å². The van der Waals surface area contributed by atoms with Crippen molar-refractivity contribution in [2.45, 2.75) is 0 Å². The molecule has 1 aromatic carbocycles. The number of nitrogens with zero attached hydrogens (tertiary/aromatic N) is 2. The normalized spacial score (nSPS) is 10.6. The predicted molar refractivity (Wildman–Crippen MR) is 61.1 cm³/mol. The molecule has 2 aromatic rings. The largest absolute Gasteiger partial charge is 0.357 e. The Morgan fingerprint density at radius 3 is 1.90 bits per heavy atom. The van der Waals surface area contributed by atoms with Gasteiger partial charge in [-0.15, -0.1) is 0 Å². The van der Waals surface area contributed by atoms with E-state index in [9.17, 15) is 26.3 Å². The third kappa shape index (κ3) is 2.56. The average molecular weight is 308 g/mol. The van der Waals surface area contributed by atoms with Gasteiger partial charge in [0.15, 0.2) is 34.9 Å². The van der Waals surface area contributed by atoms with Gasteiger partial charge in [0, 0.05) is 7.05 Å². The molecule has 0 unspecified atom stereocenters. The lowest BCUT2D eigenvalue weighted by Crippen LogP contribution is -2.09. The van der Waals surface area contributed by atoms with Crippen LogP contribution in [-0.4, -0.2) is 17.0 Å². The van der Waals surface area contributed by atoms with Gasteiger partial charge in [-0.1, -0.05) is 0 Å². The monoisotopic (exact) mass is 308 g/mol. The van der Waals surface area contributed by atoms with Gasteiger partial charge in [-0.2, -0.15) is 4.98 Å². The summed E-state index contributed by atoms with van der Waals surface area (Å²) in [6, 6.07) is 0. The average Bonchev–Trinajstić information content (AvgIpc) is 2.49. The van der Waals surface area contributed by atoms with E-state index in [0.717, 1.165) is 0 Å². The minimum absolute atomic E-state index is 0.122. The fourth-order valence-electron chi connectivity index (χ4n) is 1.41. The van der Waals surface area contributed by atoms with Crippen molar-refractivity contribution in [3.8, 4) is 0 Å². The fourth-order valence-corrected chi connectivity index (χ4v) is 1.41. The molecule has 0 radical (unpaired) electrons. The maximum Gasteiger partial charge on any atom is 0.224 e. The van der Waals surface area contributed by atoms with Gasteiger partial charge in [0.2, 0.25) is 11.8 Å². The highest BCUT2D eigenvalue weighted by atomic mass is 19.2. The third-order valence-electron chi connectivity index (χ3n) is 2.42. The number of anilines is 3. The van der Waals surface area contributed by atoms with Crippen LogP contribution in [0, 0.1) is 34.9 Å². The zero-order valence-corrected chi connectivity index (χ0v) is 10.2. The molecule has 0 atom stereocenters. The molecule has 0 aliphatic carbocycles. The lowest BCUT2D eigenvalue weighted by Gasteiger charge is -2.11. The number of nitrogens with one attached hydrogen (secondary N) is 2. The maximum absolute atomic E-state index is 13.4. The summed E-state index contributed by atoms with van der Waals surface area (Å²) in [5.74, 6) is -12.9. The Bertz CT molecular complexity index is 677. The van der Waals surface area contributed by atoms with Gasteiger partial charge >= 0.3 is 0 Å². The third-order valence-corrected chi connectivity index (χ3v) is 2.42. The van der Waals surface area contributed by atoms with E-state index in [1.807, 2.05) is 0 Å². The molecule has 10 heteroatoms. The molecule has 0 spiro atoms. The van der Waals surface area contributed by atoms with Crippen LogP contribution in [0.1, 0.15) is 0 Å². The highest BCUT2D eigenvalue weighted by Crippen LogP contribution is 2.29. The minimum Gasteiger partial charge on any atom is -0.357 e. The Hall–Kier alpha value is -2.52. The van der Waals surface area contributed by atoms with Gasteiger partial charge in [-0.05, 0) is 0 Å². The van der Waals surface area contributed by atoms with Gasteiger partial charge in [-0.3, -0.25) is 0 Å². The van der Waals surface area contributed by atoms with Crippen molar-refractivity contribution in [1.29, 1.82) is 0 Å². The summed E-state index contributed by atoms with van der Waals surface area (Å²) >= 11 is 0. The second-order valence-electron chi connectivity index (χ2n) is 3.71. The van der Waals surface area contributed by atoms with Crippen molar-refractivity contribution in [2.75, 3.05) is 17.7 Å². The van der Waals surface area contributed by atoms with E-state index in [-0.39, 0.29) is 5.95 Å². The van der Waals surface area contributed by atoms with Crippen LogP contribution in [0.3, 0.4) is 0 Å². The van der Waals surface area contributed by atoms with Gasteiger partial charge < -0.3 is 10.6 Å². The molecular formula is C11H6F6N4. The highest BCUT2D eigenvalue weighted by molar-refractivity contribution is 5.59. The van der Waals surface area contributed by atoms with Crippen molar-refractivity contribution in [3.05, 3.63) is 41.1 Å². The first kappa shape index (κ1) is 14.9. The van der Waals surface area contributed by atoms with Crippen molar-refractivity contribution in [1.82, 2.24) is 9.97 Å². The van der Waals surface area contributed by atoms with Crippen molar-refractivity contribution in [2.24, 2.45) is 0 Å². The Labute approximate surface area is 113 Å². The van der Waals surface area contributed by atoms with Crippen molar-refractivity contribution in [3.63, 3.8) is 0 Å². The van der Waals surface area contributed by atoms with E-state index < -0.39 is 46.4 Å². The molecule has 0 aliphatic rings. The number of halogens is 6. The first-order valence-electron chi connectivity index (χ1n) is 5.35. The molecule has 2 N–H and O–H groups in total. The Balaban J connectivity index is 2.55. The Morgan fingerprint density at radius 1 is 0.857 bits per heavy atom. The summed E-state index contributed by atoms with van der Waals surface area (Å²) in [6.07, 6.45) is 0.660. The van der Waals surface area contributed by atoms with Crippen LogP contribution in [-0.2, 0) is 0 Å². The number of hydrogen-bond acceptors (Lipinski definition) is 4. The zero-order chi connectivity index (χ0) is 15.7. The summed E-state index contributed by atoms with van der Waals surface area (Å²) in [6.45, 7) is 0. The molecule has 1 aromatic heterocycles. The summed E-state index contributed by atoms with van der Waals surface area (Å²) in [5.41, 5.74) is -1.41. The predicted octanol–water partition coefficient (Wildman–Crippen LogP) is 3.10. The van der Waals surface area contributed by atoms with Crippen molar-refractivity contribution < 1.29 is 26.3 Å². The molecule has 112 valence electrons. The SMILES string of the molecule is CNc1ncc(F)c(Nc2c(F)c(F)c(F)c(F)c2F)n1. The van der Waals surface area contributed by atoms with E-state index in [2.05, 4.69) is 15.3 Å². The summed E-state index contributed by atoms with van der Waals surface area (Å²) in [5, 5.41) is 4.15. The van der Waals surface area contributed by atoms with E-state index in [1.54, 1.807) is 5.32 Å². The zero-order valence-electron chi connectivity index (χ0n) is 10.2. The summed E-state index contributed by atoms with van der Waals surface area (Å²) in [4.78, 5) is 6.93. The van der Waals surface area contributed by atoms with Crippen LogP contribution in [0.5, 0.6) is 0 Å². The van der Waals surface area contributed by atoms with E-state index in [1.165, 1.54) is 7.05 Å². The van der Waals surface area contributed by atoms with Crippen LogP contribution in [0.15, 0.2) is 6.20 Å². The van der Waals surface area contributed by atoms with Gasteiger partial charge in [0.25, 0.3) is 0 Å². The van der Waals surface area contributed by atoms with Gasteiger partial charge in [0.1, 0.15) is 5.69 Å². The van der Waals surface area contributed by atoms with Gasteiger partial charge in [-0.25, -0.2) is 31.3 Å². The minimum atomic E-state index is -2.31. The van der Waals surface area contributed by atoms with Crippen LogP contribution >= 0.6 is 0 Å². The van der Waals surface area contributed by atoms with E-state index in [4.69, 9.17) is 0 Å². The second kappa shape index (κ2) is 5.46. The lowest BCUT2D eigenvalue weighted by atomic mass is 10.2. The van der Waals surface area contributed by atoms with Crippen LogP contribution in [0.2, 0.25) is 0 Å². The fraction of sp³-hybridized carbons (Fsp3) is 0.0909. The molecule has 4 nitrogen and oxygen atoms in total. The number of rotatable bonds is 3. The first-order chi connectivity index (χ1) is 9.86. The molecule has 0 fully saturated rings. The number of benzene rings is 1. The second-order valence-corrected chi connectivity index (χ2v) is 3.71. The molecule has 0 aliphatic heterocycles. The Kier molecular flexibility index (Phi) is 3.87. The molecule has 2 rings (SSSR count). The summed E-state index contributed by atoms with van der Waals surface area (Å²) < 4.78 is 79.2. The van der Waals surface area contributed by atoms with Gasteiger partial charge in [0.05, 0.1) is 6.20 Å². The molecule has 0 saturated heterocycles. The molecule has 0 amide bonds. The quantitative estimate of drug-likeness (QED) is 0.520. The number of aromatic nitrogens is 2. The topological polar surface area (TPSA) is 49.8 Å². The standard InChI is InChI=1S/C11H6F6N4/c1-18-11-19-2-3(12)10(21-11)20-9-7(16)5(14)4(13)6(15)8(9)17/h2H,1H3,(H2,18,19,20,21). The Morgan fingerprint density at radius 2 is 1.38 bits per heavy atom. The smallest absolute Gasteiger partial charge is 0.224 e. The van der Waals surface area contributed by atoms with Crippen LogP contribution < -0.4 is 10.6 Å². The van der Waals surface area contributed by atoms with E-state index in [0.29, 0.717) is 6.20 Å². The highest BCUT2D eigenvalue weighted by Gasteiger charge is 2.26. The number of hydrogen-bond donors (Lipinski definition) is 2. The van der Waals surface area contributed by atoms with Crippen LogP contribution in [0.4, 0.5) is 43.8 Å². The summed E-state index contributed by atoms with van der Waals surface area (Å²) in [7, 11) is 1.38. The lowest BCUT2D eigenvalue weighted by molar-refractivity contribution is 0.382. The first-order valence-corrected chi connectivity index (χ1v) is 5.35. The molecule has 0 bridgehead atoms. The van der Waals surface area contributed by atoms with E-state index >= 15 is 0 Å². The molecule has 0 saturated carbocycles. The maximum atomic E-state index is 13.4. The van der Waals surface area contributed by atoms with Crippen LogP contribution in [0.25, 0.3) is 0 Å².